The van der Waals surface area contributed by atoms with Crippen LogP contribution in [0.1, 0.15) is 32.6 Å². The molecule has 27 heavy (non-hydrogen) atoms. The maximum Gasteiger partial charge on any atom is 0.219 e. The van der Waals surface area contributed by atoms with Crippen molar-refractivity contribution in [3.63, 3.8) is 0 Å². The number of aromatic nitrogens is 1. The average Bonchev–Trinajstić information content (AvgIpc) is 3.52. The van der Waals surface area contributed by atoms with Gasteiger partial charge in [-0.2, -0.15) is 0 Å². The molecule has 1 aromatic heterocycles. The first-order valence-electron chi connectivity index (χ1n) is 9.29. The summed E-state index contributed by atoms with van der Waals surface area (Å²) in [5.74, 6) is 1.61. The van der Waals surface area contributed by atoms with Crippen LogP contribution in [-0.4, -0.2) is 50.4 Å². The molecule has 2 aliphatic heterocycles. The summed E-state index contributed by atoms with van der Waals surface area (Å²) in [5.41, 5.74) is 0.787. The highest BCUT2D eigenvalue weighted by Gasteiger charge is 2.37. The molecule has 9 heteroatoms. The first kappa shape index (κ1) is 18.2. The van der Waals surface area contributed by atoms with Gasteiger partial charge in [-0.3, -0.25) is 0 Å². The minimum atomic E-state index is -3.29. The summed E-state index contributed by atoms with van der Waals surface area (Å²) in [6, 6.07) is 3.13. The predicted octanol–water partition coefficient (Wildman–Crippen LogP) is 1.36. The van der Waals surface area contributed by atoms with Gasteiger partial charge in [0, 0.05) is 0 Å². The van der Waals surface area contributed by atoms with E-state index in [0.717, 1.165) is 44.3 Å². The summed E-state index contributed by atoms with van der Waals surface area (Å²) in [4.78, 5) is 8.48. The molecule has 0 unspecified atom stereocenters. The van der Waals surface area contributed by atoms with Gasteiger partial charge in [0.15, 0.2) is 14.9 Å². The van der Waals surface area contributed by atoms with Gasteiger partial charge in [0.25, 0.3) is 0 Å². The van der Waals surface area contributed by atoms with Gasteiger partial charge in [0.05, 0.1) is 17.0 Å². The molecule has 3 aliphatic rings. The second kappa shape index (κ2) is 7.47. The molecule has 0 spiro atoms. The van der Waals surface area contributed by atoms with Gasteiger partial charge in [-0.15, -0.1) is 0 Å². The number of aliphatic imine (C=N–C) groups is 1. The standard InChI is InChI=1S/C18H24N4O4S/c1-12-17(25-13-6-8-19-9-7-13)21-11-22-18(12)26-14-2-5-16(20-10-14)27(23,24)15-3-4-15/h2,5,10,13,15,19,22H,3-4,6-9,11H2,1H3. The van der Waals surface area contributed by atoms with Gasteiger partial charge in [0.2, 0.25) is 11.8 Å². The Morgan fingerprint density at radius 3 is 2.59 bits per heavy atom. The quantitative estimate of drug-likeness (QED) is 0.780. The number of nitrogens with one attached hydrogen (secondary N) is 2. The summed E-state index contributed by atoms with van der Waals surface area (Å²) >= 11 is 0. The van der Waals surface area contributed by atoms with Crippen molar-refractivity contribution in [2.75, 3.05) is 19.8 Å². The average molecular weight is 392 g/mol. The van der Waals surface area contributed by atoms with Crippen molar-refractivity contribution >= 4 is 15.7 Å². The van der Waals surface area contributed by atoms with Gasteiger partial charge in [-0.1, -0.05) is 0 Å². The van der Waals surface area contributed by atoms with Crippen LogP contribution in [0.5, 0.6) is 5.75 Å². The molecule has 0 atom stereocenters. The van der Waals surface area contributed by atoms with Crippen molar-refractivity contribution in [1.29, 1.82) is 0 Å². The van der Waals surface area contributed by atoms with E-state index in [4.69, 9.17) is 9.47 Å². The van der Waals surface area contributed by atoms with Crippen LogP contribution in [0, 0.1) is 0 Å². The van der Waals surface area contributed by atoms with Crippen LogP contribution in [0.15, 0.2) is 39.8 Å². The number of pyridine rings is 1. The van der Waals surface area contributed by atoms with E-state index >= 15 is 0 Å². The van der Waals surface area contributed by atoms with Crippen molar-refractivity contribution in [1.82, 2.24) is 15.6 Å². The Labute approximate surface area is 159 Å². The minimum absolute atomic E-state index is 0.108. The number of piperidine rings is 1. The molecule has 1 aliphatic carbocycles. The molecule has 2 fully saturated rings. The van der Waals surface area contributed by atoms with E-state index in [0.29, 0.717) is 24.2 Å². The summed E-state index contributed by atoms with van der Waals surface area (Å²) in [7, 11) is -3.29. The van der Waals surface area contributed by atoms with Gasteiger partial charge >= 0.3 is 0 Å². The Bertz CT molecular complexity index is 854. The molecule has 2 N–H and O–H groups in total. The van der Waals surface area contributed by atoms with Crippen molar-refractivity contribution in [2.45, 2.75) is 49.0 Å². The minimum Gasteiger partial charge on any atom is -0.474 e. The highest BCUT2D eigenvalue weighted by molar-refractivity contribution is 7.92. The summed E-state index contributed by atoms with van der Waals surface area (Å²) in [6.45, 7) is 4.16. The van der Waals surface area contributed by atoms with Crippen LogP contribution in [0.25, 0.3) is 0 Å². The van der Waals surface area contributed by atoms with Crippen molar-refractivity contribution < 1.29 is 17.9 Å². The summed E-state index contributed by atoms with van der Waals surface area (Å²) in [6.07, 6.45) is 4.95. The molecular weight excluding hydrogens is 368 g/mol. The number of sulfone groups is 1. The van der Waals surface area contributed by atoms with E-state index in [2.05, 4.69) is 20.6 Å². The number of nitrogens with zero attached hydrogens (tertiary/aromatic N) is 2. The molecule has 8 nitrogen and oxygen atoms in total. The lowest BCUT2D eigenvalue weighted by Crippen LogP contribution is -2.36. The molecule has 1 saturated carbocycles. The Hall–Kier alpha value is -2.13. The van der Waals surface area contributed by atoms with Crippen LogP contribution >= 0.6 is 0 Å². The van der Waals surface area contributed by atoms with Crippen molar-refractivity contribution in [2.24, 2.45) is 4.99 Å². The Balaban J connectivity index is 1.44. The second-order valence-electron chi connectivity index (χ2n) is 7.00. The highest BCUT2D eigenvalue weighted by Crippen LogP contribution is 2.33. The van der Waals surface area contributed by atoms with Crippen molar-refractivity contribution in [3.05, 3.63) is 29.8 Å². The summed E-state index contributed by atoms with van der Waals surface area (Å²) in [5, 5.41) is 6.24. The number of hydrogen-bond acceptors (Lipinski definition) is 8. The molecular formula is C18H24N4O4S. The van der Waals surface area contributed by atoms with Gasteiger partial charge in [-0.05, 0) is 57.8 Å². The Kier molecular flexibility index (Phi) is 5.05. The third kappa shape index (κ3) is 4.08. The lowest BCUT2D eigenvalue weighted by molar-refractivity contribution is 0.148. The predicted molar refractivity (Wildman–Crippen MR) is 100 cm³/mol. The molecule has 1 aromatic rings. The number of ether oxygens (including phenoxy) is 2. The van der Waals surface area contributed by atoms with Gasteiger partial charge < -0.3 is 20.1 Å². The van der Waals surface area contributed by atoms with Gasteiger partial charge in [0.1, 0.15) is 18.5 Å². The largest absolute Gasteiger partial charge is 0.474 e. The fraction of sp³-hybridized carbons (Fsp3) is 0.556. The molecule has 0 bridgehead atoms. The fourth-order valence-electron chi connectivity index (χ4n) is 3.10. The van der Waals surface area contributed by atoms with Crippen LogP contribution in [0.4, 0.5) is 0 Å². The van der Waals surface area contributed by atoms with E-state index in [1.807, 2.05) is 6.92 Å². The van der Waals surface area contributed by atoms with E-state index < -0.39 is 9.84 Å². The van der Waals surface area contributed by atoms with Crippen LogP contribution in [0.2, 0.25) is 0 Å². The lowest BCUT2D eigenvalue weighted by Gasteiger charge is -2.27. The maximum absolute atomic E-state index is 12.2. The fourth-order valence-corrected chi connectivity index (χ4v) is 4.66. The topological polar surface area (TPSA) is 102 Å². The zero-order chi connectivity index (χ0) is 18.9. The first-order chi connectivity index (χ1) is 13.0. The lowest BCUT2D eigenvalue weighted by atomic mass is 10.1. The van der Waals surface area contributed by atoms with Crippen LogP contribution in [-0.2, 0) is 14.6 Å². The second-order valence-corrected chi connectivity index (χ2v) is 9.17. The Morgan fingerprint density at radius 1 is 1.15 bits per heavy atom. The molecule has 0 aromatic carbocycles. The smallest absolute Gasteiger partial charge is 0.219 e. The third-order valence-corrected chi connectivity index (χ3v) is 7.05. The van der Waals surface area contributed by atoms with Crippen LogP contribution < -0.4 is 15.4 Å². The molecule has 0 radical (unpaired) electrons. The monoisotopic (exact) mass is 392 g/mol. The molecule has 146 valence electrons. The normalized spacial score (nSPS) is 21.4. The zero-order valence-electron chi connectivity index (χ0n) is 15.3. The summed E-state index contributed by atoms with van der Waals surface area (Å²) < 4.78 is 36.4. The molecule has 3 heterocycles. The number of rotatable bonds is 5. The maximum atomic E-state index is 12.2. The van der Waals surface area contributed by atoms with E-state index in [1.54, 1.807) is 6.07 Å². The number of hydrogen-bond donors (Lipinski definition) is 2. The zero-order valence-corrected chi connectivity index (χ0v) is 16.1. The van der Waals surface area contributed by atoms with Crippen LogP contribution in [0.3, 0.4) is 0 Å². The molecule has 1 saturated heterocycles. The Morgan fingerprint density at radius 2 is 1.93 bits per heavy atom. The highest BCUT2D eigenvalue weighted by atomic mass is 32.2. The van der Waals surface area contributed by atoms with E-state index in [1.165, 1.54) is 12.3 Å². The first-order valence-corrected chi connectivity index (χ1v) is 10.8. The molecule has 4 rings (SSSR count). The van der Waals surface area contributed by atoms with E-state index in [-0.39, 0.29) is 16.4 Å². The van der Waals surface area contributed by atoms with E-state index in [9.17, 15) is 8.42 Å². The SMILES string of the molecule is CC1=C(Oc2ccc(S(=O)(=O)C3CC3)nc2)NCN=C1OC1CCNCC1. The van der Waals surface area contributed by atoms with Gasteiger partial charge in [-0.25, -0.2) is 18.4 Å². The third-order valence-electron chi connectivity index (χ3n) is 4.87. The molecule has 0 amide bonds. The van der Waals surface area contributed by atoms with Crippen molar-refractivity contribution in [3.8, 4) is 5.75 Å².